The average Bonchev–Trinajstić information content (AvgIpc) is 2.83. The molecule has 2 N–H and O–H groups in total. The molecule has 1 aromatic heterocycles. The maximum atomic E-state index is 12.8. The van der Waals surface area contributed by atoms with Gasteiger partial charge in [-0.1, -0.05) is 23.2 Å². The second kappa shape index (κ2) is 8.77. The second-order valence-corrected chi connectivity index (χ2v) is 7.35. The highest BCUT2D eigenvalue weighted by molar-refractivity contribution is 9.10. The van der Waals surface area contributed by atoms with Crippen molar-refractivity contribution in [2.24, 2.45) is 0 Å². The molecule has 11 heteroatoms. The van der Waals surface area contributed by atoms with Gasteiger partial charge in [0.25, 0.3) is 0 Å². The summed E-state index contributed by atoms with van der Waals surface area (Å²) in [5.41, 5.74) is 0.187. The molecule has 26 heavy (non-hydrogen) atoms. The predicted molar refractivity (Wildman–Crippen MR) is 105 cm³/mol. The number of hydrogen-bond acceptors (Lipinski definition) is 2. The summed E-state index contributed by atoms with van der Waals surface area (Å²) in [7, 11) is 0. The Kier molecular flexibility index (Phi) is 7.18. The third-order valence-electron chi connectivity index (χ3n) is 3.41. The van der Waals surface area contributed by atoms with Crippen LogP contribution in [0.2, 0.25) is 10.0 Å². The fourth-order valence-electron chi connectivity index (χ4n) is 2.10. The number of benzene rings is 1. The van der Waals surface area contributed by atoms with E-state index in [-0.39, 0.29) is 4.47 Å². The molecule has 2 rings (SSSR count). The Balaban J connectivity index is 1.83. The van der Waals surface area contributed by atoms with Gasteiger partial charge in [-0.25, -0.2) is 0 Å². The number of rotatable bonds is 5. The van der Waals surface area contributed by atoms with Crippen LogP contribution in [0.3, 0.4) is 0 Å². The molecule has 4 nitrogen and oxygen atoms in total. The minimum absolute atomic E-state index is 0.0326. The number of hydrogen-bond donors (Lipinski definition) is 2. The first-order chi connectivity index (χ1) is 12.1. The standard InChI is InChI=1S/C15H14BrCl2F3N4S/c1-8-12(16)13(15(19,20)21)24-25(8)6-2-5-22-14(26)23-9-3-4-10(17)11(18)7-9/h3-4,7H,2,5-6H2,1H3,(H2,22,23,26). The molecule has 0 bridgehead atoms. The van der Waals surface area contributed by atoms with Crippen LogP contribution >= 0.6 is 51.3 Å². The van der Waals surface area contributed by atoms with Gasteiger partial charge < -0.3 is 10.6 Å². The Bertz CT molecular complexity index is 811. The lowest BCUT2D eigenvalue weighted by Crippen LogP contribution is -2.29. The lowest BCUT2D eigenvalue weighted by atomic mass is 10.3. The molecule has 0 atom stereocenters. The fourth-order valence-corrected chi connectivity index (χ4v) is 3.13. The molecule has 0 saturated carbocycles. The van der Waals surface area contributed by atoms with Crippen molar-refractivity contribution < 1.29 is 13.2 Å². The van der Waals surface area contributed by atoms with E-state index in [1.54, 1.807) is 25.1 Å². The predicted octanol–water partition coefficient (Wildman–Crippen LogP) is 5.66. The zero-order valence-corrected chi connectivity index (χ0v) is 17.3. The van der Waals surface area contributed by atoms with Crippen LogP contribution in [-0.2, 0) is 12.7 Å². The van der Waals surface area contributed by atoms with Crippen molar-refractivity contribution in [2.45, 2.75) is 26.1 Å². The molecular weight excluding hydrogens is 476 g/mol. The highest BCUT2D eigenvalue weighted by Gasteiger charge is 2.37. The van der Waals surface area contributed by atoms with Crippen LogP contribution in [0.1, 0.15) is 17.8 Å². The van der Waals surface area contributed by atoms with E-state index in [0.29, 0.717) is 46.0 Å². The summed E-state index contributed by atoms with van der Waals surface area (Å²) in [5, 5.41) is 10.8. The van der Waals surface area contributed by atoms with Gasteiger partial charge in [-0.15, -0.1) is 0 Å². The Morgan fingerprint density at radius 1 is 1.31 bits per heavy atom. The largest absolute Gasteiger partial charge is 0.436 e. The molecule has 0 unspecified atom stereocenters. The molecule has 0 amide bonds. The van der Waals surface area contributed by atoms with Gasteiger partial charge in [0.1, 0.15) is 0 Å². The van der Waals surface area contributed by atoms with E-state index in [4.69, 9.17) is 35.4 Å². The lowest BCUT2D eigenvalue weighted by Gasteiger charge is -2.11. The number of anilines is 1. The number of nitrogens with one attached hydrogen (secondary N) is 2. The first-order valence-electron chi connectivity index (χ1n) is 7.39. The van der Waals surface area contributed by atoms with E-state index in [1.807, 2.05) is 0 Å². The van der Waals surface area contributed by atoms with Crippen molar-refractivity contribution in [2.75, 3.05) is 11.9 Å². The monoisotopic (exact) mass is 488 g/mol. The Morgan fingerprint density at radius 3 is 2.58 bits per heavy atom. The number of aromatic nitrogens is 2. The van der Waals surface area contributed by atoms with Crippen LogP contribution in [0.25, 0.3) is 0 Å². The smallest absolute Gasteiger partial charge is 0.362 e. The van der Waals surface area contributed by atoms with Crippen molar-refractivity contribution in [3.8, 4) is 0 Å². The average molecular weight is 490 g/mol. The second-order valence-electron chi connectivity index (χ2n) is 5.33. The molecule has 0 spiro atoms. The van der Waals surface area contributed by atoms with E-state index < -0.39 is 11.9 Å². The number of aryl methyl sites for hydroxylation is 1. The number of thiocarbonyl (C=S) groups is 1. The van der Waals surface area contributed by atoms with Gasteiger partial charge >= 0.3 is 6.18 Å². The number of halogens is 6. The Morgan fingerprint density at radius 2 is 2.00 bits per heavy atom. The van der Waals surface area contributed by atoms with Gasteiger partial charge in [0, 0.05) is 18.8 Å². The van der Waals surface area contributed by atoms with E-state index in [9.17, 15) is 13.2 Å². The van der Waals surface area contributed by atoms with E-state index in [1.165, 1.54) is 4.68 Å². The Labute approximate surface area is 172 Å². The maximum absolute atomic E-state index is 12.8. The fraction of sp³-hybridized carbons (Fsp3) is 0.333. The normalized spacial score (nSPS) is 11.5. The first-order valence-corrected chi connectivity index (χ1v) is 9.35. The molecular formula is C15H14BrCl2F3N4S. The molecule has 0 aliphatic heterocycles. The number of nitrogens with zero attached hydrogens (tertiary/aromatic N) is 2. The summed E-state index contributed by atoms with van der Waals surface area (Å²) < 4.78 is 39.8. The Hall–Kier alpha value is -1.03. The topological polar surface area (TPSA) is 41.9 Å². The van der Waals surface area contributed by atoms with Crippen LogP contribution in [-0.4, -0.2) is 21.4 Å². The molecule has 0 fully saturated rings. The summed E-state index contributed by atoms with van der Waals surface area (Å²) in [4.78, 5) is 0. The molecule has 0 saturated heterocycles. The van der Waals surface area contributed by atoms with Crippen LogP contribution < -0.4 is 10.6 Å². The van der Waals surface area contributed by atoms with Gasteiger partial charge in [-0.3, -0.25) is 4.68 Å². The summed E-state index contributed by atoms with van der Waals surface area (Å²) in [6, 6.07) is 5.01. The minimum atomic E-state index is -4.49. The summed E-state index contributed by atoms with van der Waals surface area (Å²) in [5.74, 6) is 0. The summed E-state index contributed by atoms with van der Waals surface area (Å²) in [6.07, 6.45) is -3.95. The van der Waals surface area contributed by atoms with E-state index >= 15 is 0 Å². The van der Waals surface area contributed by atoms with Crippen LogP contribution in [0, 0.1) is 6.92 Å². The summed E-state index contributed by atoms with van der Waals surface area (Å²) in [6.45, 7) is 2.37. The van der Waals surface area contributed by atoms with E-state index in [0.717, 1.165) is 0 Å². The van der Waals surface area contributed by atoms with Gasteiger partial charge in [-0.2, -0.15) is 18.3 Å². The molecule has 1 heterocycles. The minimum Gasteiger partial charge on any atom is -0.362 e. The highest BCUT2D eigenvalue weighted by Crippen LogP contribution is 2.35. The highest BCUT2D eigenvalue weighted by atomic mass is 79.9. The molecule has 1 aromatic carbocycles. The SMILES string of the molecule is Cc1c(Br)c(C(F)(F)F)nn1CCCNC(=S)Nc1ccc(Cl)c(Cl)c1. The van der Waals surface area contributed by atoms with Crippen molar-refractivity contribution in [3.05, 3.63) is 44.1 Å². The van der Waals surface area contributed by atoms with Crippen molar-refractivity contribution >= 4 is 62.1 Å². The van der Waals surface area contributed by atoms with Crippen molar-refractivity contribution in [3.63, 3.8) is 0 Å². The van der Waals surface area contributed by atoms with E-state index in [2.05, 4.69) is 31.7 Å². The third-order valence-corrected chi connectivity index (χ3v) is 5.35. The first kappa shape index (κ1) is 21.3. The van der Waals surface area contributed by atoms with Crippen LogP contribution in [0.15, 0.2) is 22.7 Å². The maximum Gasteiger partial charge on any atom is 0.436 e. The van der Waals surface area contributed by atoms with Gasteiger partial charge in [0.15, 0.2) is 10.8 Å². The zero-order chi connectivity index (χ0) is 19.5. The van der Waals surface area contributed by atoms with Gasteiger partial charge in [-0.05, 0) is 59.7 Å². The van der Waals surface area contributed by atoms with Gasteiger partial charge in [0.2, 0.25) is 0 Å². The zero-order valence-electron chi connectivity index (χ0n) is 13.4. The number of alkyl halides is 3. The van der Waals surface area contributed by atoms with Crippen LogP contribution in [0.5, 0.6) is 0 Å². The molecule has 2 aromatic rings. The van der Waals surface area contributed by atoms with Crippen molar-refractivity contribution in [1.29, 1.82) is 0 Å². The molecule has 142 valence electrons. The molecule has 0 aliphatic rings. The summed E-state index contributed by atoms with van der Waals surface area (Å²) >= 11 is 19.9. The quantitative estimate of drug-likeness (QED) is 0.420. The van der Waals surface area contributed by atoms with Crippen molar-refractivity contribution in [1.82, 2.24) is 15.1 Å². The third kappa shape index (κ3) is 5.48. The molecule has 0 aliphatic carbocycles. The van der Waals surface area contributed by atoms with Gasteiger partial charge in [0.05, 0.1) is 20.2 Å². The molecule has 0 radical (unpaired) electrons. The van der Waals surface area contributed by atoms with Crippen LogP contribution in [0.4, 0.5) is 18.9 Å². The lowest BCUT2D eigenvalue weighted by molar-refractivity contribution is -0.142.